The van der Waals surface area contributed by atoms with Gasteiger partial charge in [0.1, 0.15) is 0 Å². The Balaban J connectivity index is 0. The summed E-state index contributed by atoms with van der Waals surface area (Å²) in [4.78, 5) is 9.14. The Morgan fingerprint density at radius 2 is 1.74 bits per heavy atom. The first-order valence-corrected chi connectivity index (χ1v) is 11.1. The maximum Gasteiger partial charge on any atom is 0.202 e. The maximum absolute atomic E-state index is 5.59. The Hall–Kier alpha value is -2.34. The van der Waals surface area contributed by atoms with Crippen LogP contribution in [0.2, 0.25) is 5.28 Å². The molecule has 0 unspecified atom stereocenters. The van der Waals surface area contributed by atoms with Gasteiger partial charge in [-0.25, -0.2) is 0 Å². The van der Waals surface area contributed by atoms with Gasteiger partial charge >= 0.3 is 0 Å². The number of hydrogen-bond donors (Lipinski definition) is 3. The number of nitrogens with two attached hydrogens (primary N) is 1. The summed E-state index contributed by atoms with van der Waals surface area (Å²) in [6, 6.07) is 9.99. The van der Waals surface area contributed by atoms with Crippen LogP contribution in [0.15, 0.2) is 62.8 Å². The highest BCUT2D eigenvalue weighted by atomic mass is 35.5. The molecule has 0 spiro atoms. The number of benzene rings is 1. The Kier molecular flexibility index (Phi) is 22.2. The van der Waals surface area contributed by atoms with Gasteiger partial charge in [0.2, 0.25) is 5.28 Å². The average Bonchev–Trinajstić information content (AvgIpc) is 3.16. The molecule has 0 fully saturated rings. The lowest BCUT2D eigenvalue weighted by Gasteiger charge is -2.14. The summed E-state index contributed by atoms with van der Waals surface area (Å²) in [6.45, 7) is 20.7. The van der Waals surface area contributed by atoms with Crippen molar-refractivity contribution in [3.8, 4) is 0 Å². The minimum absolute atomic E-state index is 0.337. The van der Waals surface area contributed by atoms with Gasteiger partial charge in [0, 0.05) is 6.54 Å². The van der Waals surface area contributed by atoms with Crippen molar-refractivity contribution < 1.29 is 0 Å². The van der Waals surface area contributed by atoms with Crippen LogP contribution in [-0.2, 0) is 6.54 Å². The third kappa shape index (κ3) is 17.1. The van der Waals surface area contributed by atoms with Gasteiger partial charge in [-0.1, -0.05) is 70.2 Å². The van der Waals surface area contributed by atoms with E-state index < -0.39 is 0 Å². The highest BCUT2D eigenvalue weighted by molar-refractivity contribution is 6.28. The molecule has 0 amide bonds. The molecule has 0 aliphatic heterocycles. The molecular formula is C25H42ClN5. The first kappa shape index (κ1) is 30.9. The largest absolute Gasteiger partial charge is 0.345 e. The number of hydrogen-bond acceptors (Lipinski definition) is 4. The van der Waals surface area contributed by atoms with Crippen molar-refractivity contribution in [3.63, 3.8) is 0 Å². The molecule has 2 rings (SSSR count). The zero-order chi connectivity index (χ0) is 23.9. The highest BCUT2D eigenvalue weighted by Gasteiger charge is 2.02. The first-order valence-electron chi connectivity index (χ1n) is 10.7. The third-order valence-electron chi connectivity index (χ3n) is 3.97. The molecule has 0 saturated carbocycles. The molecule has 5 nitrogen and oxygen atoms in total. The Bertz CT molecular complexity index is 670. The molecule has 0 bridgehead atoms. The van der Waals surface area contributed by atoms with Crippen LogP contribution < -0.4 is 11.1 Å². The van der Waals surface area contributed by atoms with Crippen molar-refractivity contribution in [1.82, 2.24) is 14.9 Å². The van der Waals surface area contributed by atoms with E-state index in [-0.39, 0.29) is 0 Å². The van der Waals surface area contributed by atoms with E-state index in [1.807, 2.05) is 30.3 Å². The van der Waals surface area contributed by atoms with E-state index in [9.17, 15) is 0 Å². The van der Waals surface area contributed by atoms with Crippen LogP contribution >= 0.6 is 11.6 Å². The van der Waals surface area contributed by atoms with E-state index in [1.165, 1.54) is 50.5 Å². The van der Waals surface area contributed by atoms with Crippen LogP contribution in [0.4, 0.5) is 5.82 Å². The molecule has 4 N–H and O–H groups in total. The summed E-state index contributed by atoms with van der Waals surface area (Å²) in [5, 5.41) is 3.15. The molecule has 0 aliphatic rings. The normalized spacial score (nSPS) is 9.23. The SMILES string of the molecule is C=C.C=CNc1nc(Cl)[nH]c1C=C.CCCCCN(C)CCC.NCc1ccccc1. The number of rotatable bonds is 10. The van der Waals surface area contributed by atoms with E-state index >= 15 is 0 Å². The van der Waals surface area contributed by atoms with Gasteiger partial charge in [-0.15, -0.1) is 13.2 Å². The predicted octanol–water partition coefficient (Wildman–Crippen LogP) is 6.73. The van der Waals surface area contributed by atoms with Crippen LogP contribution in [0.25, 0.3) is 6.08 Å². The van der Waals surface area contributed by atoms with E-state index in [1.54, 1.807) is 6.08 Å². The van der Waals surface area contributed by atoms with Crippen molar-refractivity contribution in [2.75, 3.05) is 25.5 Å². The molecule has 1 heterocycles. The molecule has 0 radical (unpaired) electrons. The van der Waals surface area contributed by atoms with Crippen LogP contribution in [-0.4, -0.2) is 35.0 Å². The Morgan fingerprint density at radius 1 is 1.10 bits per heavy atom. The second kappa shape index (κ2) is 22.3. The summed E-state index contributed by atoms with van der Waals surface area (Å²) in [6.07, 6.45) is 8.52. The Morgan fingerprint density at radius 3 is 2.19 bits per heavy atom. The molecule has 2 aromatic rings. The van der Waals surface area contributed by atoms with E-state index in [0.717, 1.165) is 5.69 Å². The van der Waals surface area contributed by atoms with Crippen molar-refractivity contribution >= 4 is 23.5 Å². The lowest BCUT2D eigenvalue weighted by molar-refractivity contribution is 0.326. The fourth-order valence-corrected chi connectivity index (χ4v) is 2.64. The van der Waals surface area contributed by atoms with E-state index in [2.05, 4.69) is 67.4 Å². The zero-order valence-electron chi connectivity index (χ0n) is 19.7. The zero-order valence-corrected chi connectivity index (χ0v) is 20.4. The van der Waals surface area contributed by atoms with Crippen molar-refractivity contribution in [2.24, 2.45) is 5.73 Å². The van der Waals surface area contributed by atoms with Crippen molar-refractivity contribution in [3.05, 3.63) is 79.4 Å². The molecular weight excluding hydrogens is 406 g/mol. The van der Waals surface area contributed by atoms with Gasteiger partial charge in [0.25, 0.3) is 0 Å². The lowest BCUT2D eigenvalue weighted by atomic mass is 10.2. The number of aromatic amines is 1. The lowest BCUT2D eigenvalue weighted by Crippen LogP contribution is -2.20. The van der Waals surface area contributed by atoms with Crippen LogP contribution in [0.5, 0.6) is 0 Å². The molecule has 1 aromatic heterocycles. The molecule has 1 aromatic carbocycles. The highest BCUT2D eigenvalue weighted by Crippen LogP contribution is 2.16. The number of halogens is 1. The second-order valence-corrected chi connectivity index (χ2v) is 6.90. The van der Waals surface area contributed by atoms with Gasteiger partial charge in [-0.3, -0.25) is 0 Å². The summed E-state index contributed by atoms with van der Waals surface area (Å²) in [5.41, 5.74) is 7.30. The van der Waals surface area contributed by atoms with Gasteiger partial charge in [0.15, 0.2) is 5.82 Å². The number of H-pyrrole nitrogens is 1. The number of nitrogens with zero attached hydrogens (tertiary/aromatic N) is 2. The molecule has 6 heteroatoms. The summed E-state index contributed by atoms with van der Waals surface area (Å²) in [7, 11) is 2.21. The van der Waals surface area contributed by atoms with Crippen LogP contribution in [0.1, 0.15) is 50.8 Å². The quantitative estimate of drug-likeness (QED) is 0.279. The maximum atomic E-state index is 5.59. The Labute approximate surface area is 195 Å². The number of imidazole rings is 1. The monoisotopic (exact) mass is 447 g/mol. The fraction of sp³-hybridized carbons (Fsp3) is 0.400. The van der Waals surface area contributed by atoms with E-state index in [0.29, 0.717) is 17.6 Å². The first-order chi connectivity index (χ1) is 15.0. The van der Waals surface area contributed by atoms with Crippen LogP contribution in [0.3, 0.4) is 0 Å². The average molecular weight is 448 g/mol. The molecule has 31 heavy (non-hydrogen) atoms. The fourth-order valence-electron chi connectivity index (χ4n) is 2.45. The summed E-state index contributed by atoms with van der Waals surface area (Å²) >= 11 is 5.59. The standard InChI is InChI=1S/C9H21N.C7H8ClN3.C7H9N.C2H4/c1-4-6-7-9-10(3)8-5-2;1-3-5-6(9-4-2)11-7(8)10-5;8-6-7-4-2-1-3-5-7;1-2/h4-9H2,1-3H3;3-4,9H,1-2H2,(H,10,11);1-5H,6,8H2;1-2H2. The van der Waals surface area contributed by atoms with Gasteiger partial charge in [-0.2, -0.15) is 4.98 Å². The number of nitrogens with one attached hydrogen (secondary N) is 2. The third-order valence-corrected chi connectivity index (χ3v) is 4.15. The molecule has 0 saturated heterocycles. The molecule has 174 valence electrons. The van der Waals surface area contributed by atoms with Crippen LogP contribution in [0, 0.1) is 0 Å². The number of aromatic nitrogens is 2. The van der Waals surface area contributed by atoms with Gasteiger partial charge in [0.05, 0.1) is 5.69 Å². The number of anilines is 1. The van der Waals surface area contributed by atoms with E-state index in [4.69, 9.17) is 17.3 Å². The number of unbranched alkanes of at least 4 members (excludes halogenated alkanes) is 2. The molecule has 0 aliphatic carbocycles. The minimum Gasteiger partial charge on any atom is -0.345 e. The minimum atomic E-state index is 0.337. The van der Waals surface area contributed by atoms with Crippen molar-refractivity contribution in [2.45, 2.75) is 46.1 Å². The smallest absolute Gasteiger partial charge is 0.202 e. The van der Waals surface area contributed by atoms with Crippen molar-refractivity contribution in [1.29, 1.82) is 0 Å². The van der Waals surface area contributed by atoms with Gasteiger partial charge in [-0.05, 0) is 62.4 Å². The second-order valence-electron chi connectivity index (χ2n) is 6.54. The molecule has 0 atom stereocenters. The topological polar surface area (TPSA) is 70.0 Å². The summed E-state index contributed by atoms with van der Waals surface area (Å²) < 4.78 is 0. The predicted molar refractivity (Wildman–Crippen MR) is 140 cm³/mol. The van der Waals surface area contributed by atoms with Gasteiger partial charge < -0.3 is 20.9 Å². The summed E-state index contributed by atoms with van der Waals surface area (Å²) in [5.74, 6) is 0.639.